The number of hydrogen-bond donors (Lipinski definition) is 3. The first kappa shape index (κ1) is 32.8. The van der Waals surface area contributed by atoms with E-state index in [0.717, 1.165) is 82.7 Å². The number of hydrogen-bond acceptors (Lipinski definition) is 10. The lowest BCUT2D eigenvalue weighted by molar-refractivity contribution is 0.0982. The molecule has 0 atom stereocenters. The summed E-state index contributed by atoms with van der Waals surface area (Å²) in [4.78, 5) is 16.7. The van der Waals surface area contributed by atoms with Gasteiger partial charge in [-0.3, -0.25) is 4.90 Å². The lowest BCUT2D eigenvalue weighted by Gasteiger charge is -2.42. The largest absolute Gasteiger partial charge is 0.489 e. The van der Waals surface area contributed by atoms with Crippen LogP contribution in [-0.2, 0) is 10.0 Å². The first-order valence-corrected chi connectivity index (χ1v) is 18.2. The number of para-hydroxylation sites is 1. The van der Waals surface area contributed by atoms with E-state index >= 15 is 0 Å². The van der Waals surface area contributed by atoms with Crippen molar-refractivity contribution in [2.75, 3.05) is 61.8 Å². The summed E-state index contributed by atoms with van der Waals surface area (Å²) >= 11 is 6.49. The Morgan fingerprint density at radius 1 is 0.935 bits per heavy atom. The molecule has 3 N–H and O–H groups in total. The summed E-state index contributed by atoms with van der Waals surface area (Å²) in [5.41, 5.74) is 2.24. The molecule has 3 aliphatic rings. The van der Waals surface area contributed by atoms with Gasteiger partial charge in [-0.25, -0.2) is 18.1 Å². The van der Waals surface area contributed by atoms with Gasteiger partial charge in [-0.1, -0.05) is 30.2 Å². The molecular weight excluding hydrogens is 624 g/mol. The third-order valence-corrected chi connectivity index (χ3v) is 10.9. The zero-order valence-electron chi connectivity index (χ0n) is 26.9. The van der Waals surface area contributed by atoms with Gasteiger partial charge in [0.05, 0.1) is 23.7 Å². The van der Waals surface area contributed by atoms with Gasteiger partial charge in [-0.15, -0.1) is 0 Å². The first-order chi connectivity index (χ1) is 22.1. The zero-order valence-corrected chi connectivity index (χ0v) is 28.4. The van der Waals surface area contributed by atoms with Gasteiger partial charge in [-0.05, 0) is 70.8 Å². The maximum Gasteiger partial charge on any atom is 0.242 e. The molecule has 13 heteroatoms. The van der Waals surface area contributed by atoms with Crippen LogP contribution in [0.15, 0.2) is 53.6 Å². The normalized spacial score (nSPS) is 18.8. The van der Waals surface area contributed by atoms with Crippen LogP contribution in [0.5, 0.6) is 5.75 Å². The Bertz CT molecular complexity index is 1600. The minimum absolute atomic E-state index is 0.0287. The summed E-state index contributed by atoms with van der Waals surface area (Å²) in [6.07, 6.45) is 6.49. The van der Waals surface area contributed by atoms with Gasteiger partial charge in [0.2, 0.25) is 16.0 Å². The maximum absolute atomic E-state index is 13.2. The third kappa shape index (κ3) is 7.86. The minimum Gasteiger partial charge on any atom is -0.489 e. The number of likely N-dealkylation sites (N-methyl/N-ethyl adjacent to an activating group) is 1. The molecule has 2 aromatic carbocycles. The highest BCUT2D eigenvalue weighted by atomic mass is 35.5. The number of benzene rings is 2. The molecule has 6 rings (SSSR count). The van der Waals surface area contributed by atoms with Crippen LogP contribution >= 0.6 is 11.6 Å². The Hall–Kier alpha value is -3.16. The van der Waals surface area contributed by atoms with Crippen molar-refractivity contribution in [3.05, 3.63) is 53.7 Å². The fourth-order valence-electron chi connectivity index (χ4n) is 6.21. The van der Waals surface area contributed by atoms with E-state index in [2.05, 4.69) is 59.2 Å². The van der Waals surface area contributed by atoms with Crippen molar-refractivity contribution in [2.45, 2.75) is 69.0 Å². The van der Waals surface area contributed by atoms with Gasteiger partial charge >= 0.3 is 0 Å². The average Bonchev–Trinajstić information content (AvgIpc) is 3.02. The van der Waals surface area contributed by atoms with E-state index < -0.39 is 10.0 Å². The molecule has 0 unspecified atom stereocenters. The van der Waals surface area contributed by atoms with Crippen LogP contribution in [0.3, 0.4) is 0 Å². The van der Waals surface area contributed by atoms with E-state index in [4.69, 9.17) is 16.3 Å². The fraction of sp³-hybridized carbons (Fsp3) is 0.515. The van der Waals surface area contributed by atoms with Crippen molar-refractivity contribution >= 4 is 50.5 Å². The number of piperidine rings is 1. The second-order valence-electron chi connectivity index (χ2n) is 12.8. The number of halogens is 1. The van der Waals surface area contributed by atoms with Crippen molar-refractivity contribution in [3.63, 3.8) is 0 Å². The molecule has 0 bridgehead atoms. The summed E-state index contributed by atoms with van der Waals surface area (Å²) in [5, 5.41) is 6.68. The number of ether oxygens (including phenoxy) is 1. The Kier molecular flexibility index (Phi) is 10.2. The topological polar surface area (TPSA) is 115 Å². The number of piperazine rings is 1. The van der Waals surface area contributed by atoms with E-state index in [0.29, 0.717) is 23.4 Å². The maximum atomic E-state index is 13.2. The van der Waals surface area contributed by atoms with Gasteiger partial charge in [-0.2, -0.15) is 4.98 Å². The number of nitrogens with zero attached hydrogens (tertiary/aromatic N) is 5. The molecule has 3 heterocycles. The van der Waals surface area contributed by atoms with Crippen molar-refractivity contribution in [1.29, 1.82) is 0 Å². The van der Waals surface area contributed by atoms with Crippen LogP contribution in [0, 0.1) is 0 Å². The molecule has 1 aliphatic carbocycles. The van der Waals surface area contributed by atoms with Crippen LogP contribution in [0.25, 0.3) is 0 Å². The fourth-order valence-corrected chi connectivity index (χ4v) is 7.82. The molecule has 1 saturated carbocycles. The molecule has 0 radical (unpaired) electrons. The van der Waals surface area contributed by atoms with E-state index in [1.54, 1.807) is 24.3 Å². The third-order valence-electron chi connectivity index (χ3n) is 9.06. The van der Waals surface area contributed by atoms with Gasteiger partial charge in [0.1, 0.15) is 15.7 Å². The molecule has 1 aromatic heterocycles. The van der Waals surface area contributed by atoms with Crippen LogP contribution in [-0.4, -0.2) is 92.7 Å². The van der Waals surface area contributed by atoms with E-state index in [9.17, 15) is 8.42 Å². The Balaban J connectivity index is 1.17. The molecule has 3 aromatic rings. The monoisotopic (exact) mass is 668 g/mol. The van der Waals surface area contributed by atoms with Gasteiger partial charge in [0, 0.05) is 63.1 Å². The van der Waals surface area contributed by atoms with E-state index in [1.165, 1.54) is 6.20 Å². The first-order valence-electron chi connectivity index (χ1n) is 16.3. The highest BCUT2D eigenvalue weighted by Gasteiger charge is 2.28. The van der Waals surface area contributed by atoms with Gasteiger partial charge in [0.15, 0.2) is 5.82 Å². The molecule has 0 amide bonds. The van der Waals surface area contributed by atoms with Crippen LogP contribution in [0.2, 0.25) is 5.02 Å². The lowest BCUT2D eigenvalue weighted by atomic mass is 9.94. The minimum atomic E-state index is -3.72. The van der Waals surface area contributed by atoms with Crippen molar-refractivity contribution < 1.29 is 13.2 Å². The molecular formula is C33H45ClN8O3S. The highest BCUT2D eigenvalue weighted by Crippen LogP contribution is 2.35. The molecule has 46 heavy (non-hydrogen) atoms. The van der Waals surface area contributed by atoms with Gasteiger partial charge in [0.25, 0.3) is 0 Å². The number of anilines is 5. The summed E-state index contributed by atoms with van der Waals surface area (Å²) in [6.45, 7) is 10.6. The molecule has 0 spiro atoms. The SMILES string of the molecule is CC(C)Oc1cc(N2CCC(N3CCN(C)CC3)CC2)ccc1Nc1ncc(Cl)c(Nc2ccccc2S(=O)(=O)NC2CCC2)n1. The highest BCUT2D eigenvalue weighted by molar-refractivity contribution is 7.89. The van der Waals surface area contributed by atoms with Crippen molar-refractivity contribution in [1.82, 2.24) is 24.5 Å². The average molecular weight is 669 g/mol. The van der Waals surface area contributed by atoms with Crippen LogP contribution in [0.4, 0.5) is 28.8 Å². The van der Waals surface area contributed by atoms with Crippen LogP contribution < -0.4 is 25.0 Å². The Morgan fingerprint density at radius 3 is 2.37 bits per heavy atom. The van der Waals surface area contributed by atoms with Crippen molar-refractivity contribution in [3.8, 4) is 5.75 Å². The zero-order chi connectivity index (χ0) is 32.3. The number of sulfonamides is 1. The summed E-state index contributed by atoms with van der Waals surface area (Å²) in [6, 6.07) is 13.5. The van der Waals surface area contributed by atoms with Crippen molar-refractivity contribution in [2.24, 2.45) is 0 Å². The smallest absolute Gasteiger partial charge is 0.242 e. The van der Waals surface area contributed by atoms with E-state index in [1.807, 2.05) is 19.9 Å². The molecule has 3 fully saturated rings. The number of nitrogens with one attached hydrogen (secondary N) is 3. The Labute approximate surface area is 277 Å². The van der Waals surface area contributed by atoms with Crippen LogP contribution in [0.1, 0.15) is 46.0 Å². The summed E-state index contributed by atoms with van der Waals surface area (Å²) in [7, 11) is -1.52. The summed E-state index contributed by atoms with van der Waals surface area (Å²) in [5.74, 6) is 1.30. The predicted molar refractivity (Wildman–Crippen MR) is 185 cm³/mol. The standard InChI is InChI=1S/C33H45ClN8O3S/c1-23(2)45-30-21-26(41-15-13-25(14-16-41)42-19-17-40(3)18-20-42)11-12-28(30)37-33-35-22-27(34)32(38-33)36-29-9-4-5-10-31(29)46(43,44)39-24-7-6-8-24/h4-5,9-12,21-25,39H,6-8,13-20H2,1-3H3,(H2,35,36,37,38). The quantitative estimate of drug-likeness (QED) is 0.244. The lowest BCUT2D eigenvalue weighted by Crippen LogP contribution is -2.52. The molecule has 248 valence electrons. The molecule has 2 aliphatic heterocycles. The summed E-state index contributed by atoms with van der Waals surface area (Å²) < 4.78 is 35.4. The predicted octanol–water partition coefficient (Wildman–Crippen LogP) is 5.45. The molecule has 2 saturated heterocycles. The van der Waals surface area contributed by atoms with E-state index in [-0.39, 0.29) is 27.9 Å². The number of aromatic nitrogens is 2. The number of rotatable bonds is 11. The molecule has 11 nitrogen and oxygen atoms in total. The Morgan fingerprint density at radius 2 is 1.67 bits per heavy atom. The second-order valence-corrected chi connectivity index (χ2v) is 14.9. The van der Waals surface area contributed by atoms with Gasteiger partial charge < -0.3 is 25.2 Å². The second kappa shape index (κ2) is 14.3.